The number of imidazole rings is 1. The molecule has 0 aliphatic carbocycles. The molecule has 0 N–H and O–H groups in total. The van der Waals surface area contributed by atoms with E-state index in [1.807, 2.05) is 16.9 Å². The number of rotatable bonds is 1. The van der Waals surface area contributed by atoms with Crippen LogP contribution in [-0.4, -0.2) is 20.6 Å². The molecule has 0 fully saturated rings. The molecule has 0 bridgehead atoms. The number of hydrogen-bond donors (Lipinski definition) is 0. The maximum absolute atomic E-state index is 5.87. The van der Waals surface area contributed by atoms with Gasteiger partial charge in [-0.05, 0) is 6.26 Å². The maximum atomic E-state index is 5.87. The van der Waals surface area contributed by atoms with Gasteiger partial charge in [-0.15, -0.1) is 12.4 Å². The van der Waals surface area contributed by atoms with E-state index >= 15 is 0 Å². The van der Waals surface area contributed by atoms with Crippen molar-refractivity contribution in [3.05, 3.63) is 23.6 Å². The highest BCUT2D eigenvalue weighted by Crippen LogP contribution is 2.19. The molecule has 0 spiro atoms. The van der Waals surface area contributed by atoms with Gasteiger partial charge in [0.2, 0.25) is 0 Å². The third-order valence-electron chi connectivity index (χ3n) is 1.53. The molecule has 6 heteroatoms. The summed E-state index contributed by atoms with van der Waals surface area (Å²) < 4.78 is 1.87. The van der Waals surface area contributed by atoms with Gasteiger partial charge < -0.3 is 0 Å². The van der Waals surface area contributed by atoms with Crippen LogP contribution in [0.5, 0.6) is 0 Å². The van der Waals surface area contributed by atoms with Crippen LogP contribution in [0.4, 0.5) is 0 Å². The number of aromatic nitrogens is 3. The molecule has 0 aliphatic rings. The fraction of sp³-hybridized carbons (Fsp3) is 0.143. The minimum Gasteiger partial charge on any atom is -0.278 e. The van der Waals surface area contributed by atoms with Crippen molar-refractivity contribution in [2.75, 3.05) is 6.26 Å². The Hall–Kier alpha value is -0.450. The van der Waals surface area contributed by atoms with E-state index in [-0.39, 0.29) is 12.4 Å². The van der Waals surface area contributed by atoms with Crippen molar-refractivity contribution in [3.8, 4) is 0 Å². The largest absolute Gasteiger partial charge is 0.278 e. The molecule has 2 aromatic rings. The van der Waals surface area contributed by atoms with Crippen LogP contribution in [0.2, 0.25) is 5.02 Å². The number of thioether (sulfide) groups is 1. The summed E-state index contributed by atoms with van der Waals surface area (Å²) in [6, 6.07) is 0. The zero-order valence-corrected chi connectivity index (χ0v) is 9.16. The van der Waals surface area contributed by atoms with Gasteiger partial charge in [0, 0.05) is 12.4 Å². The first-order chi connectivity index (χ1) is 5.83. The van der Waals surface area contributed by atoms with Gasteiger partial charge in [0.05, 0.1) is 6.20 Å². The monoisotopic (exact) mass is 235 g/mol. The predicted molar refractivity (Wildman–Crippen MR) is 57.0 cm³/mol. The van der Waals surface area contributed by atoms with Gasteiger partial charge in [-0.25, -0.2) is 9.97 Å². The van der Waals surface area contributed by atoms with Crippen LogP contribution >= 0.6 is 35.8 Å². The van der Waals surface area contributed by atoms with Gasteiger partial charge in [0.1, 0.15) is 5.02 Å². The fourth-order valence-electron chi connectivity index (χ4n) is 1.02. The van der Waals surface area contributed by atoms with E-state index < -0.39 is 0 Å². The number of fused-ring (bicyclic) bond motifs is 1. The molecule has 2 aromatic heterocycles. The molecule has 0 aliphatic heterocycles. The van der Waals surface area contributed by atoms with Crippen molar-refractivity contribution in [2.45, 2.75) is 5.16 Å². The second-order valence-electron chi connectivity index (χ2n) is 2.21. The van der Waals surface area contributed by atoms with E-state index in [0.29, 0.717) is 5.02 Å². The lowest BCUT2D eigenvalue weighted by Gasteiger charge is -2.00. The highest BCUT2D eigenvalue weighted by molar-refractivity contribution is 7.98. The summed E-state index contributed by atoms with van der Waals surface area (Å²) in [6.45, 7) is 0. The average molecular weight is 236 g/mol. The van der Waals surface area contributed by atoms with Crippen LogP contribution in [0.1, 0.15) is 0 Å². The van der Waals surface area contributed by atoms with Gasteiger partial charge >= 0.3 is 0 Å². The zero-order valence-electron chi connectivity index (χ0n) is 6.77. The molecule has 0 saturated carbocycles. The predicted octanol–water partition coefficient (Wildman–Crippen LogP) is 2.53. The average Bonchev–Trinajstić information content (AvgIpc) is 2.54. The number of hydrogen-bond acceptors (Lipinski definition) is 3. The van der Waals surface area contributed by atoms with Crippen molar-refractivity contribution < 1.29 is 0 Å². The summed E-state index contributed by atoms with van der Waals surface area (Å²) >= 11 is 7.44. The van der Waals surface area contributed by atoms with Crippen LogP contribution in [-0.2, 0) is 0 Å². The second kappa shape index (κ2) is 4.17. The second-order valence-corrected chi connectivity index (χ2v) is 3.39. The molecule has 0 unspecified atom stereocenters. The Bertz CT molecular complexity index is 415. The fourth-order valence-corrected chi connectivity index (χ4v) is 1.71. The summed E-state index contributed by atoms with van der Waals surface area (Å²) in [4.78, 5) is 8.26. The molecule has 0 atom stereocenters. The van der Waals surface area contributed by atoms with Gasteiger partial charge in [0.15, 0.2) is 10.8 Å². The Labute approximate surface area is 90.9 Å². The summed E-state index contributed by atoms with van der Waals surface area (Å²) in [7, 11) is 0. The first kappa shape index (κ1) is 10.6. The van der Waals surface area contributed by atoms with Gasteiger partial charge in [-0.1, -0.05) is 23.4 Å². The maximum Gasteiger partial charge on any atom is 0.173 e. The Kier molecular flexibility index (Phi) is 3.41. The smallest absolute Gasteiger partial charge is 0.173 e. The van der Waals surface area contributed by atoms with Crippen molar-refractivity contribution >= 4 is 41.4 Å². The summed E-state index contributed by atoms with van der Waals surface area (Å²) in [5.74, 6) is 0. The SMILES string of the molecule is CSc1ncc(Cl)c2nccn12.Cl. The minimum absolute atomic E-state index is 0. The van der Waals surface area contributed by atoms with Crippen molar-refractivity contribution in [1.29, 1.82) is 0 Å². The van der Waals surface area contributed by atoms with E-state index in [1.165, 1.54) is 0 Å². The molecule has 3 nitrogen and oxygen atoms in total. The van der Waals surface area contributed by atoms with Gasteiger partial charge in [-0.2, -0.15) is 0 Å². The van der Waals surface area contributed by atoms with Crippen molar-refractivity contribution in [3.63, 3.8) is 0 Å². The van der Waals surface area contributed by atoms with E-state index in [0.717, 1.165) is 10.8 Å². The molecule has 0 amide bonds. The highest BCUT2D eigenvalue weighted by Gasteiger charge is 2.04. The molecular formula is C7H7Cl2N3S. The third kappa shape index (κ3) is 1.75. The zero-order chi connectivity index (χ0) is 8.55. The van der Waals surface area contributed by atoms with Gasteiger partial charge in [0.25, 0.3) is 0 Å². The third-order valence-corrected chi connectivity index (χ3v) is 2.47. The quantitative estimate of drug-likeness (QED) is 0.563. The van der Waals surface area contributed by atoms with Crippen LogP contribution in [0.3, 0.4) is 0 Å². The minimum atomic E-state index is 0. The number of halogens is 2. The Morgan fingerprint density at radius 2 is 2.23 bits per heavy atom. The Morgan fingerprint density at radius 3 is 2.92 bits per heavy atom. The normalized spacial score (nSPS) is 10.0. The molecule has 2 heterocycles. The van der Waals surface area contributed by atoms with Crippen molar-refractivity contribution in [2.24, 2.45) is 0 Å². The molecule has 0 aromatic carbocycles. The first-order valence-electron chi connectivity index (χ1n) is 3.34. The van der Waals surface area contributed by atoms with Crippen LogP contribution in [0.15, 0.2) is 23.7 Å². The molecule has 70 valence electrons. The standard InChI is InChI=1S/C7H6ClN3S.ClH/c1-12-7-10-4-5(8)6-9-2-3-11(6)7;/h2-4H,1H3;1H. The lowest BCUT2D eigenvalue weighted by Crippen LogP contribution is -1.92. The number of nitrogens with zero attached hydrogens (tertiary/aromatic N) is 3. The topological polar surface area (TPSA) is 30.2 Å². The van der Waals surface area contributed by atoms with E-state index in [2.05, 4.69) is 9.97 Å². The Balaban J connectivity index is 0.000000845. The van der Waals surface area contributed by atoms with Crippen LogP contribution in [0, 0.1) is 0 Å². The lowest BCUT2D eigenvalue weighted by molar-refractivity contribution is 0.906. The summed E-state index contributed by atoms with van der Waals surface area (Å²) in [6.07, 6.45) is 7.15. The van der Waals surface area contributed by atoms with E-state index in [1.54, 1.807) is 24.2 Å². The molecular weight excluding hydrogens is 229 g/mol. The molecule has 13 heavy (non-hydrogen) atoms. The van der Waals surface area contributed by atoms with Crippen molar-refractivity contribution in [1.82, 2.24) is 14.4 Å². The molecule has 0 saturated heterocycles. The van der Waals surface area contributed by atoms with E-state index in [4.69, 9.17) is 11.6 Å². The lowest BCUT2D eigenvalue weighted by atomic mass is 10.6. The first-order valence-corrected chi connectivity index (χ1v) is 4.95. The highest BCUT2D eigenvalue weighted by atomic mass is 35.5. The van der Waals surface area contributed by atoms with Crippen LogP contribution < -0.4 is 0 Å². The molecule has 2 rings (SSSR count). The summed E-state index contributed by atoms with van der Waals surface area (Å²) in [5, 5.41) is 1.48. The molecule has 0 radical (unpaired) electrons. The summed E-state index contributed by atoms with van der Waals surface area (Å²) in [5.41, 5.74) is 0.760. The Morgan fingerprint density at radius 1 is 1.46 bits per heavy atom. The van der Waals surface area contributed by atoms with Gasteiger partial charge in [-0.3, -0.25) is 4.40 Å². The van der Waals surface area contributed by atoms with Crippen LogP contribution in [0.25, 0.3) is 5.65 Å². The van der Waals surface area contributed by atoms with E-state index in [9.17, 15) is 0 Å².